The topological polar surface area (TPSA) is 66.9 Å². The van der Waals surface area contributed by atoms with Crippen LogP contribution in [0.5, 0.6) is 0 Å². The number of aromatic nitrogens is 2. The van der Waals surface area contributed by atoms with E-state index in [1.807, 2.05) is 33.8 Å². The van der Waals surface area contributed by atoms with Gasteiger partial charge in [0, 0.05) is 28.6 Å². The van der Waals surface area contributed by atoms with Crippen LogP contribution < -0.4 is 10.6 Å². The molecule has 2 rings (SSSR count). The van der Waals surface area contributed by atoms with Crippen LogP contribution in [0.3, 0.4) is 0 Å². The van der Waals surface area contributed by atoms with E-state index in [1.165, 1.54) is 12.4 Å². The summed E-state index contributed by atoms with van der Waals surface area (Å²) >= 11 is 5.94. The van der Waals surface area contributed by atoms with Gasteiger partial charge < -0.3 is 10.6 Å². The number of benzene rings is 1. The largest absolute Gasteiger partial charge is 0.350 e. The van der Waals surface area contributed by atoms with Crippen molar-refractivity contribution in [3.8, 4) is 0 Å². The monoisotopic (exact) mass is 318 g/mol. The van der Waals surface area contributed by atoms with Gasteiger partial charge in [-0.1, -0.05) is 17.7 Å². The van der Waals surface area contributed by atoms with E-state index >= 15 is 0 Å². The van der Waals surface area contributed by atoms with Gasteiger partial charge in [-0.15, -0.1) is 0 Å². The molecule has 1 aromatic heterocycles. The number of hydrogen-bond donors (Lipinski definition) is 2. The molecule has 0 saturated heterocycles. The number of hydrogen-bond acceptors (Lipinski definition) is 4. The highest BCUT2D eigenvalue weighted by atomic mass is 35.5. The second-order valence-electron chi connectivity index (χ2n) is 6.08. The maximum absolute atomic E-state index is 12.2. The van der Waals surface area contributed by atoms with E-state index in [0.717, 1.165) is 5.56 Å². The Morgan fingerprint density at radius 1 is 1.18 bits per heavy atom. The van der Waals surface area contributed by atoms with Crippen molar-refractivity contribution in [3.05, 3.63) is 46.7 Å². The number of amides is 1. The van der Waals surface area contributed by atoms with Gasteiger partial charge in [0.15, 0.2) is 0 Å². The van der Waals surface area contributed by atoms with Gasteiger partial charge in [0.05, 0.1) is 5.56 Å². The van der Waals surface area contributed by atoms with Crippen molar-refractivity contribution in [3.63, 3.8) is 0 Å². The normalized spacial score (nSPS) is 11.1. The summed E-state index contributed by atoms with van der Waals surface area (Å²) in [6.45, 7) is 7.94. The van der Waals surface area contributed by atoms with Crippen molar-refractivity contribution >= 4 is 29.1 Å². The molecule has 116 valence electrons. The SMILES string of the molecule is Cc1ccc(Cl)cc1NC(=O)c1cnc(NC(C)(C)C)nc1. The van der Waals surface area contributed by atoms with Crippen LogP contribution in [0.4, 0.5) is 11.6 Å². The maximum atomic E-state index is 12.2. The van der Waals surface area contributed by atoms with Gasteiger partial charge in [0.2, 0.25) is 5.95 Å². The minimum atomic E-state index is -0.271. The standard InChI is InChI=1S/C16H19ClN4O/c1-10-5-6-12(17)7-13(10)20-14(22)11-8-18-15(19-9-11)21-16(2,3)4/h5-9H,1-4H3,(H,20,22)(H,18,19,21). The van der Waals surface area contributed by atoms with Gasteiger partial charge in [0.1, 0.15) is 0 Å². The van der Waals surface area contributed by atoms with Gasteiger partial charge in [-0.3, -0.25) is 4.79 Å². The Kier molecular flexibility index (Phi) is 4.66. The van der Waals surface area contributed by atoms with Crippen molar-refractivity contribution in [2.75, 3.05) is 10.6 Å². The third kappa shape index (κ3) is 4.43. The quantitative estimate of drug-likeness (QED) is 0.900. The summed E-state index contributed by atoms with van der Waals surface area (Å²) in [5.74, 6) is 0.218. The summed E-state index contributed by atoms with van der Waals surface area (Å²) in [7, 11) is 0. The molecule has 6 heteroatoms. The molecule has 2 N–H and O–H groups in total. The third-order valence-corrected chi connectivity index (χ3v) is 3.08. The number of aryl methyl sites for hydroxylation is 1. The minimum Gasteiger partial charge on any atom is -0.350 e. The molecular weight excluding hydrogens is 300 g/mol. The maximum Gasteiger partial charge on any atom is 0.258 e. The first kappa shape index (κ1) is 16.2. The van der Waals surface area contributed by atoms with Crippen LogP contribution in [0.25, 0.3) is 0 Å². The summed E-state index contributed by atoms with van der Waals surface area (Å²) in [5.41, 5.74) is 1.86. The lowest BCUT2D eigenvalue weighted by atomic mass is 10.1. The molecule has 0 aliphatic heterocycles. The van der Waals surface area contributed by atoms with Gasteiger partial charge >= 0.3 is 0 Å². The molecule has 0 fully saturated rings. The second kappa shape index (κ2) is 6.32. The van der Waals surface area contributed by atoms with E-state index in [1.54, 1.807) is 12.1 Å². The van der Waals surface area contributed by atoms with Gasteiger partial charge in [-0.05, 0) is 45.4 Å². The zero-order valence-corrected chi connectivity index (χ0v) is 13.8. The lowest BCUT2D eigenvalue weighted by Crippen LogP contribution is -2.27. The summed E-state index contributed by atoms with van der Waals surface area (Å²) in [5, 5.41) is 6.52. The first-order valence-electron chi connectivity index (χ1n) is 6.92. The number of carbonyl (C=O) groups excluding carboxylic acids is 1. The fourth-order valence-electron chi connectivity index (χ4n) is 1.77. The molecule has 1 aromatic carbocycles. The fourth-order valence-corrected chi connectivity index (χ4v) is 1.94. The molecule has 5 nitrogen and oxygen atoms in total. The van der Waals surface area contributed by atoms with Gasteiger partial charge in [0.25, 0.3) is 5.91 Å². The zero-order valence-electron chi connectivity index (χ0n) is 13.1. The lowest BCUT2D eigenvalue weighted by molar-refractivity contribution is 0.102. The molecule has 1 heterocycles. The van der Waals surface area contributed by atoms with E-state index in [2.05, 4.69) is 20.6 Å². The van der Waals surface area contributed by atoms with Crippen LogP contribution in [0.1, 0.15) is 36.7 Å². The van der Waals surface area contributed by atoms with Crippen molar-refractivity contribution in [2.24, 2.45) is 0 Å². The number of halogens is 1. The van der Waals surface area contributed by atoms with Crippen molar-refractivity contribution in [1.29, 1.82) is 0 Å². The van der Waals surface area contributed by atoms with Gasteiger partial charge in [-0.2, -0.15) is 0 Å². The molecule has 0 atom stereocenters. The molecule has 0 spiro atoms. The molecule has 1 amide bonds. The summed E-state index contributed by atoms with van der Waals surface area (Å²) in [6.07, 6.45) is 2.99. The molecule has 0 bridgehead atoms. The van der Waals surface area contributed by atoms with Crippen LogP contribution in [0, 0.1) is 6.92 Å². The van der Waals surface area contributed by atoms with E-state index in [-0.39, 0.29) is 11.4 Å². The van der Waals surface area contributed by atoms with Crippen LogP contribution >= 0.6 is 11.6 Å². The van der Waals surface area contributed by atoms with E-state index in [4.69, 9.17) is 11.6 Å². The van der Waals surface area contributed by atoms with Crippen LogP contribution in [-0.4, -0.2) is 21.4 Å². The number of rotatable bonds is 3. The van der Waals surface area contributed by atoms with E-state index < -0.39 is 0 Å². The highest BCUT2D eigenvalue weighted by Gasteiger charge is 2.13. The molecule has 0 aliphatic carbocycles. The van der Waals surface area contributed by atoms with E-state index in [0.29, 0.717) is 22.2 Å². The highest BCUT2D eigenvalue weighted by molar-refractivity contribution is 6.31. The smallest absolute Gasteiger partial charge is 0.258 e. The fraction of sp³-hybridized carbons (Fsp3) is 0.312. The predicted octanol–water partition coefficient (Wildman–Crippen LogP) is 3.90. The average molecular weight is 319 g/mol. The van der Waals surface area contributed by atoms with Gasteiger partial charge in [-0.25, -0.2) is 9.97 Å². The first-order chi connectivity index (χ1) is 10.2. The Hall–Kier alpha value is -2.14. The molecule has 0 aliphatic rings. The third-order valence-electron chi connectivity index (χ3n) is 2.85. The number of nitrogens with one attached hydrogen (secondary N) is 2. The minimum absolute atomic E-state index is 0.137. The first-order valence-corrected chi connectivity index (χ1v) is 7.30. The van der Waals surface area contributed by atoms with E-state index in [9.17, 15) is 4.79 Å². The Morgan fingerprint density at radius 3 is 2.41 bits per heavy atom. The second-order valence-corrected chi connectivity index (χ2v) is 6.52. The molecular formula is C16H19ClN4O. The zero-order chi connectivity index (χ0) is 16.3. The lowest BCUT2D eigenvalue weighted by Gasteiger charge is -2.20. The Morgan fingerprint density at radius 2 is 1.82 bits per heavy atom. The summed E-state index contributed by atoms with van der Waals surface area (Å²) in [6, 6.07) is 5.35. The predicted molar refractivity (Wildman–Crippen MR) is 89.5 cm³/mol. The molecule has 2 aromatic rings. The average Bonchev–Trinajstić information content (AvgIpc) is 2.42. The number of carbonyl (C=O) groups is 1. The molecule has 22 heavy (non-hydrogen) atoms. The Balaban J connectivity index is 2.11. The molecule has 0 radical (unpaired) electrons. The number of anilines is 2. The Bertz CT molecular complexity index is 678. The highest BCUT2D eigenvalue weighted by Crippen LogP contribution is 2.20. The molecule has 0 unspecified atom stereocenters. The summed E-state index contributed by atoms with van der Waals surface area (Å²) in [4.78, 5) is 20.5. The van der Waals surface area contributed by atoms with Crippen LogP contribution in [-0.2, 0) is 0 Å². The van der Waals surface area contributed by atoms with Crippen LogP contribution in [0.2, 0.25) is 5.02 Å². The number of nitrogens with zero attached hydrogens (tertiary/aromatic N) is 2. The van der Waals surface area contributed by atoms with Crippen molar-refractivity contribution in [2.45, 2.75) is 33.2 Å². The van der Waals surface area contributed by atoms with Crippen molar-refractivity contribution in [1.82, 2.24) is 9.97 Å². The Labute approximate surface area is 135 Å². The summed E-state index contributed by atoms with van der Waals surface area (Å²) < 4.78 is 0. The molecule has 0 saturated carbocycles. The van der Waals surface area contributed by atoms with Crippen LogP contribution in [0.15, 0.2) is 30.6 Å². The van der Waals surface area contributed by atoms with Crippen molar-refractivity contribution < 1.29 is 4.79 Å².